The molecule has 0 atom stereocenters. The first-order valence-corrected chi connectivity index (χ1v) is 46.5. The zero-order valence-electron chi connectivity index (χ0n) is 69.1. The van der Waals surface area contributed by atoms with Gasteiger partial charge in [-0.1, -0.05) is 48.5 Å². The minimum atomic E-state index is -3.97. The van der Waals surface area contributed by atoms with Crippen LogP contribution in [0.5, 0.6) is 0 Å². The van der Waals surface area contributed by atoms with E-state index >= 15 is 0 Å². The number of carbonyl (C=O) groups excluding carboxylic acids is 6. The second-order valence-electron chi connectivity index (χ2n) is 34.4. The van der Waals surface area contributed by atoms with Crippen LogP contribution in [0.4, 0.5) is 32.3 Å². The van der Waals surface area contributed by atoms with Crippen molar-refractivity contribution < 1.29 is 71.9 Å². The van der Waals surface area contributed by atoms with Crippen LogP contribution in [0.2, 0.25) is 0 Å². The van der Waals surface area contributed by atoms with Gasteiger partial charge >= 0.3 is 12.2 Å². The largest absolute Gasteiger partial charge is 0.444 e. The molecule has 0 aliphatic carbocycles. The Labute approximate surface area is 712 Å². The number of anilines is 4. The minimum Gasteiger partial charge on any atom is -0.444 e. The highest BCUT2D eigenvalue weighted by Crippen LogP contribution is 2.45. The van der Waals surface area contributed by atoms with Gasteiger partial charge in [-0.3, -0.25) is 58.0 Å². The molecule has 0 radical (unpaired) electrons. The summed E-state index contributed by atoms with van der Waals surface area (Å²) in [6.07, 6.45) is 18.4. The Morgan fingerprint density at radius 2 is 0.574 bits per heavy atom. The molecule has 8 aliphatic heterocycles. The maximum atomic E-state index is 13.3. The van der Waals surface area contributed by atoms with Gasteiger partial charge in [0.2, 0.25) is 0 Å². The summed E-state index contributed by atoms with van der Waals surface area (Å²) in [6, 6.07) is 38.1. The summed E-state index contributed by atoms with van der Waals surface area (Å²) in [5.74, 6) is -1.09. The molecule has 122 heavy (non-hydrogen) atoms. The van der Waals surface area contributed by atoms with Gasteiger partial charge in [0, 0.05) is 133 Å². The van der Waals surface area contributed by atoms with Gasteiger partial charge in [0.25, 0.3) is 63.7 Å². The SMILES string of the molecule is CC(C)(C)OC(=O)N1CC2(CCN(C(=O)c3ccccc3S(=O)(=O)Nc3cccnc3)CC2)C1.CC(C)(C)OC(=O)N1CCC2(CC1)CN(C(=O)c1ccccc1S(=O)(=O)Nc1cccnc1)C2.O=C(c1ccccc1S(=O)(=O)Nc1cccnc1)N1CC2(CCNCC2)C1.O=C(c1ccccc1S(=O)(=O)Nc1cccnc1)N1CCC2(CC1)CNC2. The van der Waals surface area contributed by atoms with Crippen LogP contribution in [-0.2, 0) is 49.6 Å². The molecule has 4 aromatic heterocycles. The van der Waals surface area contributed by atoms with Crippen LogP contribution in [0.15, 0.2) is 215 Å². The van der Waals surface area contributed by atoms with Crippen LogP contribution < -0.4 is 29.5 Å². The third kappa shape index (κ3) is 21.5. The van der Waals surface area contributed by atoms with Gasteiger partial charge in [-0.2, -0.15) is 0 Å². The number of likely N-dealkylation sites (tertiary alicyclic amines) is 6. The number of hydrogen-bond acceptors (Lipinski definition) is 22. The lowest BCUT2D eigenvalue weighted by molar-refractivity contribution is -0.0563. The van der Waals surface area contributed by atoms with Gasteiger partial charge in [-0.05, 0) is 208 Å². The molecule has 6 N–H and O–H groups in total. The van der Waals surface area contributed by atoms with Crippen LogP contribution in [0.25, 0.3) is 0 Å². The van der Waals surface area contributed by atoms with Crippen LogP contribution in [-0.4, -0.2) is 235 Å². The Morgan fingerprint density at radius 1 is 0.320 bits per heavy atom. The van der Waals surface area contributed by atoms with Gasteiger partial charge in [0.1, 0.15) is 30.8 Å². The van der Waals surface area contributed by atoms with Crippen LogP contribution in [0.1, 0.15) is 134 Å². The second kappa shape index (κ2) is 36.5. The number of nitrogens with zero attached hydrogens (tertiary/aromatic N) is 10. The first kappa shape index (κ1) is 88.6. The van der Waals surface area contributed by atoms with Crippen molar-refractivity contribution in [2.24, 2.45) is 21.7 Å². The predicted octanol–water partition coefficient (Wildman–Crippen LogP) is 10.1. The van der Waals surface area contributed by atoms with E-state index in [0.29, 0.717) is 107 Å². The number of amides is 6. The fourth-order valence-corrected chi connectivity index (χ4v) is 21.3. The van der Waals surface area contributed by atoms with E-state index in [1.807, 2.05) is 41.5 Å². The van der Waals surface area contributed by atoms with Crippen molar-refractivity contribution in [1.82, 2.24) is 60.0 Å². The molecule has 8 aromatic rings. The fourth-order valence-electron chi connectivity index (χ4n) is 16.4. The first-order chi connectivity index (χ1) is 57.9. The number of carbonyl (C=O) groups is 6. The summed E-state index contributed by atoms with van der Waals surface area (Å²) < 4.78 is 124. The third-order valence-corrected chi connectivity index (χ3v) is 28.8. The van der Waals surface area contributed by atoms with Gasteiger partial charge < -0.3 is 49.5 Å². The van der Waals surface area contributed by atoms with E-state index < -0.39 is 51.3 Å². The Balaban J connectivity index is 0.000000141. The lowest BCUT2D eigenvalue weighted by Crippen LogP contribution is -2.62. The molecular formula is C86H104N16O16S4. The maximum absolute atomic E-state index is 13.3. The molecule has 12 heterocycles. The molecule has 6 amide bonds. The Kier molecular flexibility index (Phi) is 26.5. The Morgan fingerprint density at radius 3 is 0.844 bits per heavy atom. The van der Waals surface area contributed by atoms with Crippen molar-refractivity contribution >= 4 is 98.7 Å². The van der Waals surface area contributed by atoms with Crippen molar-refractivity contribution in [3.05, 3.63) is 217 Å². The molecule has 0 unspecified atom stereocenters. The molecule has 4 aromatic carbocycles. The van der Waals surface area contributed by atoms with E-state index in [0.717, 1.165) is 77.5 Å². The fraction of sp³-hybridized carbons (Fsp3) is 0.419. The molecule has 8 aliphatic rings. The molecule has 36 heteroatoms. The Hall–Kier alpha value is -11.2. The molecule has 8 fully saturated rings. The summed E-state index contributed by atoms with van der Waals surface area (Å²) in [6.45, 7) is 22.2. The average molecular weight is 1750 g/mol. The number of rotatable bonds is 16. The number of piperidine rings is 4. The van der Waals surface area contributed by atoms with Crippen molar-refractivity contribution in [1.29, 1.82) is 0 Å². The van der Waals surface area contributed by atoms with Crippen molar-refractivity contribution in [3.8, 4) is 0 Å². The lowest BCUT2D eigenvalue weighted by atomic mass is 9.72. The molecule has 0 saturated carbocycles. The van der Waals surface area contributed by atoms with Crippen LogP contribution >= 0.6 is 0 Å². The number of nitrogens with one attached hydrogen (secondary N) is 6. The number of sulfonamides is 4. The third-order valence-electron chi connectivity index (χ3n) is 23.0. The molecule has 8 saturated heterocycles. The number of benzene rings is 4. The number of hydrogen-bond donors (Lipinski definition) is 6. The van der Waals surface area contributed by atoms with Gasteiger partial charge in [-0.25, -0.2) is 43.3 Å². The summed E-state index contributed by atoms with van der Waals surface area (Å²) >= 11 is 0. The predicted molar refractivity (Wildman–Crippen MR) is 458 cm³/mol. The molecule has 32 nitrogen and oxygen atoms in total. The van der Waals surface area contributed by atoms with Gasteiger partial charge in [0.15, 0.2) is 0 Å². The quantitative estimate of drug-likeness (QED) is 0.0523. The molecule has 4 spiro atoms. The highest BCUT2D eigenvalue weighted by molar-refractivity contribution is 7.93. The molecular weight excluding hydrogens is 1640 g/mol. The number of ether oxygens (including phenoxy) is 2. The highest BCUT2D eigenvalue weighted by atomic mass is 32.2. The topological polar surface area (TPSA) is 401 Å². The van der Waals surface area contributed by atoms with E-state index in [-0.39, 0.29) is 93.9 Å². The standard InChI is InChI=1S/2C24H30N4O5S.2C19H22N4O3S/c1-23(2,3)33-22(30)27-13-10-24(11-14-27)16-28(17-24)21(29)19-8-4-5-9-20(19)34(31,32)26-18-7-6-12-25-15-18;1-23(2,3)33-22(30)28-16-24(17-28)10-13-27(14-11-24)21(29)19-8-4-5-9-20(19)34(31,32)26-18-7-6-12-25-15-18;24-18(23-13-19(14-23)7-10-20-11-8-19)16-5-1-2-6-17(16)27(25,26)22-15-4-3-9-21-12-15;24-18(23-10-7-19(8-11-23)13-21-14-19)16-5-1-2-6-17(16)27(25,26)22-15-4-3-9-20-12-15/h2*4-9,12,15,26H,10-11,13-14,16-17H2,1-3H3;1-6,9,12,20,22H,7-8,10-11,13-14H2;1-6,9,12,21-22H,7-8,10-11,13-14H2. The van der Waals surface area contributed by atoms with Gasteiger partial charge in [0.05, 0.1) is 69.8 Å². The van der Waals surface area contributed by atoms with E-state index in [1.54, 1.807) is 163 Å². The average Bonchev–Trinajstić information content (AvgIpc) is 0.762. The second-order valence-corrected chi connectivity index (χ2v) is 41.0. The van der Waals surface area contributed by atoms with Crippen molar-refractivity contribution in [2.75, 3.05) is 124 Å². The highest BCUT2D eigenvalue weighted by Gasteiger charge is 2.51. The normalized spacial score (nSPS) is 18.2. The smallest absolute Gasteiger partial charge is 0.410 e. The van der Waals surface area contributed by atoms with Crippen LogP contribution in [0, 0.1) is 21.7 Å². The van der Waals surface area contributed by atoms with Crippen molar-refractivity contribution in [2.45, 2.75) is 124 Å². The monoisotopic (exact) mass is 1740 g/mol. The lowest BCUT2D eigenvalue weighted by Gasteiger charge is -2.53. The van der Waals surface area contributed by atoms with Crippen LogP contribution in [0.3, 0.4) is 0 Å². The van der Waals surface area contributed by atoms with E-state index in [4.69, 9.17) is 9.47 Å². The number of pyridine rings is 4. The maximum Gasteiger partial charge on any atom is 0.410 e. The van der Waals surface area contributed by atoms with E-state index in [1.165, 1.54) is 61.2 Å². The Bertz CT molecular complexity index is 5560. The van der Waals surface area contributed by atoms with Gasteiger partial charge in [-0.15, -0.1) is 0 Å². The van der Waals surface area contributed by atoms with E-state index in [9.17, 15) is 62.4 Å². The zero-order chi connectivity index (χ0) is 86.9. The molecule has 16 rings (SSSR count). The van der Waals surface area contributed by atoms with E-state index in [2.05, 4.69) is 49.5 Å². The minimum absolute atomic E-state index is 0.00915. The summed E-state index contributed by atoms with van der Waals surface area (Å²) in [4.78, 5) is 103. The molecule has 0 bridgehead atoms. The first-order valence-electron chi connectivity index (χ1n) is 40.6. The number of aromatic nitrogens is 4. The summed E-state index contributed by atoms with van der Waals surface area (Å²) in [5.41, 5.74) is 1.45. The molecule has 648 valence electrons. The zero-order valence-corrected chi connectivity index (χ0v) is 72.3. The summed E-state index contributed by atoms with van der Waals surface area (Å²) in [5, 5.41) is 6.64. The van der Waals surface area contributed by atoms with Crippen molar-refractivity contribution in [3.63, 3.8) is 0 Å². The summed E-state index contributed by atoms with van der Waals surface area (Å²) in [7, 11) is -15.7.